The second kappa shape index (κ2) is 5.06. The molecule has 2 atom stereocenters. The molecule has 0 bridgehead atoms. The van der Waals surface area contributed by atoms with Gasteiger partial charge in [0.15, 0.2) is 0 Å². The van der Waals surface area contributed by atoms with Crippen molar-refractivity contribution in [2.75, 3.05) is 11.4 Å². The number of nitrogens with one attached hydrogen (secondary N) is 1. The first-order chi connectivity index (χ1) is 10.2. The Morgan fingerprint density at radius 1 is 1.36 bits per heavy atom. The molecule has 2 saturated heterocycles. The van der Waals surface area contributed by atoms with Gasteiger partial charge in [-0.25, -0.2) is 0 Å². The summed E-state index contributed by atoms with van der Waals surface area (Å²) in [5.41, 5.74) is 0.469. The van der Waals surface area contributed by atoms with Crippen LogP contribution in [0.25, 0.3) is 0 Å². The lowest BCUT2D eigenvalue weighted by atomic mass is 9.93. The Bertz CT molecular complexity index is 578. The highest BCUT2D eigenvalue weighted by atomic mass is 16.5. The van der Waals surface area contributed by atoms with Crippen LogP contribution in [-0.2, 0) is 16.6 Å². The normalized spacial score (nSPS) is 30.2. The molecule has 2 fully saturated rings. The Balaban J connectivity index is 1.69. The molecule has 3 heterocycles. The summed E-state index contributed by atoms with van der Waals surface area (Å²) >= 11 is 0. The quantitative estimate of drug-likeness (QED) is 0.918. The first-order valence-electron chi connectivity index (χ1n) is 7.94. The second-order valence-electron chi connectivity index (χ2n) is 7.59. The molecule has 0 spiro atoms. The van der Waals surface area contributed by atoms with Gasteiger partial charge in [0, 0.05) is 25.8 Å². The van der Waals surface area contributed by atoms with Crippen molar-refractivity contribution in [2.45, 2.75) is 63.8 Å². The molecule has 6 heteroatoms. The van der Waals surface area contributed by atoms with Gasteiger partial charge in [-0.2, -0.15) is 5.10 Å². The SMILES string of the molecule is Cn1cc(N2CCC(NC3CC(C)(C)OC3(C)C)C2=O)cn1. The van der Waals surface area contributed by atoms with Gasteiger partial charge in [-0.05, 0) is 40.5 Å². The van der Waals surface area contributed by atoms with Crippen molar-refractivity contribution in [3.8, 4) is 0 Å². The zero-order valence-electron chi connectivity index (χ0n) is 14.1. The van der Waals surface area contributed by atoms with E-state index < -0.39 is 0 Å². The van der Waals surface area contributed by atoms with Crippen LogP contribution in [0.1, 0.15) is 40.5 Å². The van der Waals surface area contributed by atoms with Crippen LogP contribution >= 0.6 is 0 Å². The number of carbonyl (C=O) groups excluding carboxylic acids is 1. The van der Waals surface area contributed by atoms with Crippen LogP contribution in [0.3, 0.4) is 0 Å². The molecule has 1 N–H and O–H groups in total. The molecule has 22 heavy (non-hydrogen) atoms. The van der Waals surface area contributed by atoms with Gasteiger partial charge in [-0.3, -0.25) is 9.48 Å². The van der Waals surface area contributed by atoms with Crippen molar-refractivity contribution in [3.63, 3.8) is 0 Å². The summed E-state index contributed by atoms with van der Waals surface area (Å²) < 4.78 is 7.83. The van der Waals surface area contributed by atoms with Crippen LogP contribution < -0.4 is 10.2 Å². The lowest BCUT2D eigenvalue weighted by molar-refractivity contribution is -0.119. The smallest absolute Gasteiger partial charge is 0.244 e. The predicted octanol–water partition coefficient (Wildman–Crippen LogP) is 1.46. The first kappa shape index (κ1) is 15.5. The summed E-state index contributed by atoms with van der Waals surface area (Å²) in [6, 6.07) is 0.0484. The molecule has 1 aromatic heterocycles. The summed E-state index contributed by atoms with van der Waals surface area (Å²) in [6.07, 6.45) is 5.36. The largest absolute Gasteiger partial charge is 0.368 e. The summed E-state index contributed by atoms with van der Waals surface area (Å²) in [4.78, 5) is 14.5. The molecule has 3 rings (SSSR count). The number of aromatic nitrogens is 2. The lowest BCUT2D eigenvalue weighted by Crippen LogP contribution is -2.50. The van der Waals surface area contributed by atoms with Crippen molar-refractivity contribution < 1.29 is 9.53 Å². The van der Waals surface area contributed by atoms with Crippen molar-refractivity contribution in [1.29, 1.82) is 0 Å². The van der Waals surface area contributed by atoms with Crippen LogP contribution in [0.15, 0.2) is 12.4 Å². The molecule has 6 nitrogen and oxygen atoms in total. The molecule has 1 aromatic rings. The van der Waals surface area contributed by atoms with Crippen molar-refractivity contribution in [1.82, 2.24) is 15.1 Å². The van der Waals surface area contributed by atoms with Crippen molar-refractivity contribution >= 4 is 11.6 Å². The monoisotopic (exact) mass is 306 g/mol. The van der Waals surface area contributed by atoms with Gasteiger partial charge in [0.2, 0.25) is 5.91 Å². The zero-order valence-corrected chi connectivity index (χ0v) is 14.1. The maximum atomic E-state index is 12.7. The van der Waals surface area contributed by atoms with E-state index in [4.69, 9.17) is 4.74 Å². The predicted molar refractivity (Wildman–Crippen MR) is 84.7 cm³/mol. The van der Waals surface area contributed by atoms with E-state index in [0.29, 0.717) is 0 Å². The van der Waals surface area contributed by atoms with E-state index in [1.807, 2.05) is 18.1 Å². The number of aryl methyl sites for hydroxylation is 1. The highest BCUT2D eigenvalue weighted by molar-refractivity contribution is 5.99. The van der Waals surface area contributed by atoms with E-state index in [1.54, 1.807) is 10.9 Å². The number of nitrogens with zero attached hydrogens (tertiary/aromatic N) is 3. The Morgan fingerprint density at radius 3 is 2.64 bits per heavy atom. The summed E-state index contributed by atoms with van der Waals surface area (Å²) in [6.45, 7) is 9.14. The van der Waals surface area contributed by atoms with E-state index >= 15 is 0 Å². The minimum atomic E-state index is -0.258. The van der Waals surface area contributed by atoms with E-state index in [0.717, 1.165) is 25.1 Å². The second-order valence-corrected chi connectivity index (χ2v) is 7.59. The molecule has 0 aliphatic carbocycles. The molecule has 1 amide bonds. The Morgan fingerprint density at radius 2 is 2.09 bits per heavy atom. The number of carbonyl (C=O) groups is 1. The van der Waals surface area contributed by atoms with E-state index in [-0.39, 0.29) is 29.2 Å². The molecule has 0 aromatic carbocycles. The molecule has 2 aliphatic heterocycles. The molecular formula is C16H26N4O2. The van der Waals surface area contributed by atoms with E-state index in [1.165, 1.54) is 0 Å². The molecule has 0 saturated carbocycles. The third-order valence-electron chi connectivity index (χ3n) is 4.69. The van der Waals surface area contributed by atoms with Crippen LogP contribution in [0.4, 0.5) is 5.69 Å². The fourth-order valence-corrected chi connectivity index (χ4v) is 3.70. The Hall–Kier alpha value is -1.40. The van der Waals surface area contributed by atoms with Crippen LogP contribution in [-0.4, -0.2) is 45.5 Å². The average molecular weight is 306 g/mol. The maximum Gasteiger partial charge on any atom is 0.244 e. The Labute approximate surface area is 131 Å². The third-order valence-corrected chi connectivity index (χ3v) is 4.69. The maximum absolute atomic E-state index is 12.7. The minimum Gasteiger partial charge on any atom is -0.368 e. The summed E-state index contributed by atoms with van der Waals surface area (Å²) in [5, 5.41) is 7.69. The fourth-order valence-electron chi connectivity index (χ4n) is 3.70. The first-order valence-corrected chi connectivity index (χ1v) is 7.94. The standard InChI is InChI=1S/C16H26N4O2/c1-15(2)8-13(16(3,4)22-15)18-12-6-7-20(14(12)21)11-9-17-19(5)10-11/h9-10,12-13,18H,6-8H2,1-5H3. The summed E-state index contributed by atoms with van der Waals surface area (Å²) in [5.74, 6) is 0.133. The highest BCUT2D eigenvalue weighted by Gasteiger charge is 2.48. The minimum absolute atomic E-state index is 0.133. The molecule has 2 aliphatic rings. The number of rotatable bonds is 3. The number of amides is 1. The van der Waals surface area contributed by atoms with Crippen LogP contribution in [0.2, 0.25) is 0 Å². The molecule has 0 radical (unpaired) electrons. The van der Waals surface area contributed by atoms with Crippen LogP contribution in [0, 0.1) is 0 Å². The number of hydrogen-bond donors (Lipinski definition) is 1. The average Bonchev–Trinajstić information content (AvgIpc) is 2.99. The third kappa shape index (κ3) is 2.77. The van der Waals surface area contributed by atoms with Gasteiger partial charge < -0.3 is 15.0 Å². The van der Waals surface area contributed by atoms with Gasteiger partial charge in [-0.1, -0.05) is 0 Å². The number of anilines is 1. The van der Waals surface area contributed by atoms with Gasteiger partial charge in [-0.15, -0.1) is 0 Å². The lowest BCUT2D eigenvalue weighted by Gasteiger charge is -2.29. The van der Waals surface area contributed by atoms with Gasteiger partial charge in [0.05, 0.1) is 29.1 Å². The van der Waals surface area contributed by atoms with Gasteiger partial charge in [0.25, 0.3) is 0 Å². The van der Waals surface area contributed by atoms with E-state index in [9.17, 15) is 4.79 Å². The topological polar surface area (TPSA) is 59.4 Å². The number of hydrogen-bond acceptors (Lipinski definition) is 4. The number of ether oxygens (including phenoxy) is 1. The summed E-state index contributed by atoms with van der Waals surface area (Å²) in [7, 11) is 1.86. The highest BCUT2D eigenvalue weighted by Crippen LogP contribution is 2.38. The van der Waals surface area contributed by atoms with Crippen LogP contribution in [0.5, 0.6) is 0 Å². The fraction of sp³-hybridized carbons (Fsp3) is 0.750. The van der Waals surface area contributed by atoms with Crippen molar-refractivity contribution in [3.05, 3.63) is 12.4 Å². The molecular weight excluding hydrogens is 280 g/mol. The van der Waals surface area contributed by atoms with E-state index in [2.05, 4.69) is 38.1 Å². The molecule has 2 unspecified atom stereocenters. The van der Waals surface area contributed by atoms with Gasteiger partial charge >= 0.3 is 0 Å². The van der Waals surface area contributed by atoms with Gasteiger partial charge in [0.1, 0.15) is 0 Å². The zero-order chi connectivity index (χ0) is 16.1. The molecule has 122 valence electrons. The Kier molecular flexibility index (Phi) is 3.57. The van der Waals surface area contributed by atoms with Crippen molar-refractivity contribution in [2.24, 2.45) is 7.05 Å².